The molecule has 0 radical (unpaired) electrons. The van der Waals surface area contributed by atoms with Crippen LogP contribution in [0.4, 0.5) is 0 Å². The number of aromatic nitrogens is 4. The SMILES string of the molecule is Cc1nc([C@@H]2CCCN(C(=O)c3nc(C(C)C)cs3)C2)n[nH]1. The number of H-pyrrole nitrogens is 1. The molecule has 1 fully saturated rings. The summed E-state index contributed by atoms with van der Waals surface area (Å²) in [5.74, 6) is 2.24. The average Bonchev–Trinajstić information content (AvgIpc) is 3.15. The number of piperidine rings is 1. The molecule has 2 aromatic rings. The molecule has 3 rings (SSSR count). The predicted molar refractivity (Wildman–Crippen MR) is 85.2 cm³/mol. The highest BCUT2D eigenvalue weighted by atomic mass is 32.1. The lowest BCUT2D eigenvalue weighted by Crippen LogP contribution is -2.39. The van der Waals surface area contributed by atoms with Crippen molar-refractivity contribution in [2.45, 2.75) is 45.4 Å². The Bertz CT molecular complexity index is 662. The number of hydrogen-bond acceptors (Lipinski definition) is 5. The van der Waals surface area contributed by atoms with E-state index in [2.05, 4.69) is 34.0 Å². The van der Waals surface area contributed by atoms with Gasteiger partial charge in [0, 0.05) is 24.4 Å². The van der Waals surface area contributed by atoms with E-state index in [0.717, 1.165) is 36.7 Å². The molecule has 1 atom stereocenters. The first-order chi connectivity index (χ1) is 10.5. The minimum atomic E-state index is 0.0360. The first kappa shape index (κ1) is 15.1. The summed E-state index contributed by atoms with van der Waals surface area (Å²) in [5.41, 5.74) is 0.992. The lowest BCUT2D eigenvalue weighted by atomic mass is 9.97. The number of carbonyl (C=O) groups excluding carboxylic acids is 1. The highest BCUT2D eigenvalue weighted by molar-refractivity contribution is 7.11. The summed E-state index contributed by atoms with van der Waals surface area (Å²) in [7, 11) is 0. The van der Waals surface area contributed by atoms with Crippen LogP contribution in [0.2, 0.25) is 0 Å². The summed E-state index contributed by atoms with van der Waals surface area (Å²) in [6.45, 7) is 7.53. The molecule has 0 unspecified atom stereocenters. The smallest absolute Gasteiger partial charge is 0.282 e. The van der Waals surface area contributed by atoms with Gasteiger partial charge in [-0.25, -0.2) is 9.97 Å². The highest BCUT2D eigenvalue weighted by Gasteiger charge is 2.29. The third-order valence-corrected chi connectivity index (χ3v) is 4.83. The van der Waals surface area contributed by atoms with E-state index in [0.29, 0.717) is 17.5 Å². The molecule has 0 saturated carbocycles. The zero-order valence-corrected chi connectivity index (χ0v) is 14.0. The zero-order chi connectivity index (χ0) is 15.7. The minimum absolute atomic E-state index is 0.0360. The van der Waals surface area contributed by atoms with E-state index >= 15 is 0 Å². The van der Waals surface area contributed by atoms with Crippen LogP contribution in [-0.2, 0) is 0 Å². The van der Waals surface area contributed by atoms with Crippen molar-refractivity contribution < 1.29 is 4.79 Å². The fourth-order valence-corrected chi connectivity index (χ4v) is 3.65. The highest BCUT2D eigenvalue weighted by Crippen LogP contribution is 2.26. The van der Waals surface area contributed by atoms with Crippen molar-refractivity contribution >= 4 is 17.2 Å². The molecule has 0 aliphatic carbocycles. The number of carbonyl (C=O) groups is 1. The van der Waals surface area contributed by atoms with Crippen molar-refractivity contribution in [1.82, 2.24) is 25.1 Å². The molecule has 1 N–H and O–H groups in total. The zero-order valence-electron chi connectivity index (χ0n) is 13.2. The first-order valence-corrected chi connectivity index (χ1v) is 8.56. The number of nitrogens with zero attached hydrogens (tertiary/aromatic N) is 4. The summed E-state index contributed by atoms with van der Waals surface area (Å²) in [6.07, 6.45) is 2.00. The lowest BCUT2D eigenvalue weighted by Gasteiger charge is -2.30. The van der Waals surface area contributed by atoms with Crippen LogP contribution in [0, 0.1) is 6.92 Å². The van der Waals surface area contributed by atoms with Crippen LogP contribution in [0.5, 0.6) is 0 Å². The third kappa shape index (κ3) is 3.04. The summed E-state index contributed by atoms with van der Waals surface area (Å²) in [4.78, 5) is 23.4. The van der Waals surface area contributed by atoms with Gasteiger partial charge in [-0.2, -0.15) is 5.10 Å². The van der Waals surface area contributed by atoms with Crippen LogP contribution >= 0.6 is 11.3 Å². The topological polar surface area (TPSA) is 74.8 Å². The number of thiazole rings is 1. The van der Waals surface area contributed by atoms with E-state index in [1.807, 2.05) is 17.2 Å². The van der Waals surface area contributed by atoms with E-state index in [4.69, 9.17) is 0 Å². The number of aromatic amines is 1. The van der Waals surface area contributed by atoms with Gasteiger partial charge < -0.3 is 4.90 Å². The van der Waals surface area contributed by atoms with Gasteiger partial charge in [-0.1, -0.05) is 13.8 Å². The van der Waals surface area contributed by atoms with Crippen LogP contribution in [0.1, 0.15) is 65.7 Å². The van der Waals surface area contributed by atoms with Gasteiger partial charge in [0.15, 0.2) is 10.8 Å². The molecule has 7 heteroatoms. The Morgan fingerprint density at radius 3 is 2.91 bits per heavy atom. The Morgan fingerprint density at radius 1 is 1.45 bits per heavy atom. The van der Waals surface area contributed by atoms with Crippen molar-refractivity contribution in [1.29, 1.82) is 0 Å². The Hall–Kier alpha value is -1.76. The maximum atomic E-state index is 12.6. The van der Waals surface area contributed by atoms with Gasteiger partial charge >= 0.3 is 0 Å². The molecule has 1 aliphatic heterocycles. The Labute approximate surface area is 134 Å². The van der Waals surface area contributed by atoms with Crippen LogP contribution in [0.3, 0.4) is 0 Å². The maximum Gasteiger partial charge on any atom is 0.282 e. The van der Waals surface area contributed by atoms with Gasteiger partial charge in [0.25, 0.3) is 5.91 Å². The summed E-state index contributed by atoms with van der Waals surface area (Å²) >= 11 is 1.44. The number of likely N-dealkylation sites (tertiary alicyclic amines) is 1. The van der Waals surface area contributed by atoms with E-state index in [1.165, 1.54) is 11.3 Å². The molecule has 0 bridgehead atoms. The predicted octanol–water partition coefficient (Wildman–Crippen LogP) is 2.71. The van der Waals surface area contributed by atoms with Gasteiger partial charge in [0.1, 0.15) is 5.82 Å². The van der Waals surface area contributed by atoms with Gasteiger partial charge in [0.2, 0.25) is 0 Å². The minimum Gasteiger partial charge on any atom is -0.336 e. The Kier molecular flexibility index (Phi) is 4.24. The normalized spacial score (nSPS) is 18.9. The van der Waals surface area contributed by atoms with Crippen molar-refractivity contribution in [3.8, 4) is 0 Å². The Balaban J connectivity index is 1.72. The molecule has 6 nitrogen and oxygen atoms in total. The largest absolute Gasteiger partial charge is 0.336 e. The molecular weight excluding hydrogens is 298 g/mol. The molecule has 22 heavy (non-hydrogen) atoms. The second-order valence-corrected chi connectivity index (χ2v) is 6.96. The summed E-state index contributed by atoms with van der Waals surface area (Å²) in [6, 6.07) is 0. The quantitative estimate of drug-likeness (QED) is 0.944. The second kappa shape index (κ2) is 6.16. The van der Waals surface area contributed by atoms with E-state index in [-0.39, 0.29) is 11.8 Å². The van der Waals surface area contributed by atoms with E-state index in [1.54, 1.807) is 0 Å². The van der Waals surface area contributed by atoms with Gasteiger partial charge in [-0.15, -0.1) is 11.3 Å². The molecule has 1 aliphatic rings. The Morgan fingerprint density at radius 2 is 2.27 bits per heavy atom. The molecule has 2 aromatic heterocycles. The molecule has 0 aromatic carbocycles. The number of amides is 1. The van der Waals surface area contributed by atoms with Crippen LogP contribution in [0.25, 0.3) is 0 Å². The van der Waals surface area contributed by atoms with Gasteiger partial charge in [0.05, 0.1) is 5.69 Å². The molecule has 3 heterocycles. The van der Waals surface area contributed by atoms with Gasteiger partial charge in [-0.05, 0) is 25.7 Å². The number of nitrogens with one attached hydrogen (secondary N) is 1. The third-order valence-electron chi connectivity index (χ3n) is 3.98. The van der Waals surface area contributed by atoms with Crippen molar-refractivity contribution in [3.63, 3.8) is 0 Å². The molecule has 0 spiro atoms. The summed E-state index contributed by atoms with van der Waals surface area (Å²) in [5, 5.41) is 9.71. The summed E-state index contributed by atoms with van der Waals surface area (Å²) < 4.78 is 0. The number of hydrogen-bond donors (Lipinski definition) is 1. The van der Waals surface area contributed by atoms with Crippen LogP contribution < -0.4 is 0 Å². The van der Waals surface area contributed by atoms with E-state index in [9.17, 15) is 4.79 Å². The number of aryl methyl sites for hydroxylation is 1. The second-order valence-electron chi connectivity index (χ2n) is 6.10. The fraction of sp³-hybridized carbons (Fsp3) is 0.600. The molecule has 1 amide bonds. The van der Waals surface area contributed by atoms with Gasteiger partial charge in [-0.3, -0.25) is 9.89 Å². The average molecular weight is 319 g/mol. The molecule has 118 valence electrons. The van der Waals surface area contributed by atoms with E-state index < -0.39 is 0 Å². The van der Waals surface area contributed by atoms with Crippen LogP contribution in [-0.4, -0.2) is 44.1 Å². The number of rotatable bonds is 3. The monoisotopic (exact) mass is 319 g/mol. The molecule has 1 saturated heterocycles. The lowest BCUT2D eigenvalue weighted by molar-refractivity contribution is 0.0704. The fourth-order valence-electron chi connectivity index (χ4n) is 2.70. The standard InChI is InChI=1S/C15H21N5OS/c1-9(2)12-8-22-14(17-12)15(21)20-6-4-5-11(7-20)13-16-10(3)18-19-13/h8-9,11H,4-7H2,1-3H3,(H,16,18,19)/t11-/m1/s1. The van der Waals surface area contributed by atoms with Crippen molar-refractivity contribution in [2.24, 2.45) is 0 Å². The first-order valence-electron chi connectivity index (χ1n) is 7.68. The van der Waals surface area contributed by atoms with Crippen LogP contribution in [0.15, 0.2) is 5.38 Å². The molecular formula is C15H21N5OS. The van der Waals surface area contributed by atoms with Crippen molar-refractivity contribution in [2.75, 3.05) is 13.1 Å². The maximum absolute atomic E-state index is 12.6. The van der Waals surface area contributed by atoms with Crippen molar-refractivity contribution in [3.05, 3.63) is 27.7 Å².